The van der Waals surface area contributed by atoms with Crippen molar-refractivity contribution in [2.45, 2.75) is 0 Å². The van der Waals surface area contributed by atoms with Crippen LogP contribution in [0.5, 0.6) is 0 Å². The van der Waals surface area contributed by atoms with Gasteiger partial charge >= 0.3 is 5.97 Å². The van der Waals surface area contributed by atoms with Crippen molar-refractivity contribution in [3.05, 3.63) is 53.6 Å². The molecule has 2 aromatic carbocycles. The van der Waals surface area contributed by atoms with Crippen molar-refractivity contribution in [3.63, 3.8) is 0 Å². The van der Waals surface area contributed by atoms with Crippen LogP contribution in [0.1, 0.15) is 20.7 Å². The van der Waals surface area contributed by atoms with Crippen molar-refractivity contribution in [1.29, 1.82) is 0 Å². The number of carbonyl (C=O) groups is 2. The first-order chi connectivity index (χ1) is 13.6. The summed E-state index contributed by atoms with van der Waals surface area (Å²) in [4.78, 5) is 30.8. The quantitative estimate of drug-likeness (QED) is 0.654. The van der Waals surface area contributed by atoms with Crippen molar-refractivity contribution in [2.75, 3.05) is 33.4 Å². The summed E-state index contributed by atoms with van der Waals surface area (Å²) in [5.74, 6) is 0.394. The third kappa shape index (κ3) is 3.25. The summed E-state index contributed by atoms with van der Waals surface area (Å²) >= 11 is 0. The van der Waals surface area contributed by atoms with Crippen LogP contribution in [-0.4, -0.2) is 59.7 Å². The zero-order chi connectivity index (χ0) is 19.7. The first-order valence-corrected chi connectivity index (χ1v) is 9.11. The van der Waals surface area contributed by atoms with Gasteiger partial charge in [-0.2, -0.15) is 0 Å². The van der Waals surface area contributed by atoms with Crippen LogP contribution in [0.4, 0.5) is 0 Å². The highest BCUT2D eigenvalue weighted by Crippen LogP contribution is 2.25. The molecule has 1 aliphatic rings. The third-order valence-electron chi connectivity index (χ3n) is 4.99. The average Bonchev–Trinajstić information content (AvgIpc) is 3.09. The van der Waals surface area contributed by atoms with Gasteiger partial charge in [0.05, 0.1) is 36.9 Å². The molecule has 144 valence electrons. The SMILES string of the molecule is COC(=O)c1ccc2c(c1)nc(-c1ccc(C(=O)N3CCOCC3)cc1)n2C. The van der Waals surface area contributed by atoms with E-state index < -0.39 is 0 Å². The maximum absolute atomic E-state index is 12.6. The zero-order valence-electron chi connectivity index (χ0n) is 15.8. The molecule has 0 aliphatic carbocycles. The molecule has 3 aromatic rings. The van der Waals surface area contributed by atoms with Gasteiger partial charge in [-0.3, -0.25) is 4.79 Å². The summed E-state index contributed by atoms with van der Waals surface area (Å²) in [6, 6.07) is 12.8. The molecule has 4 rings (SSSR count). The van der Waals surface area contributed by atoms with Crippen molar-refractivity contribution in [1.82, 2.24) is 14.5 Å². The summed E-state index contributed by atoms with van der Waals surface area (Å²) in [7, 11) is 3.28. The standard InChI is InChI=1S/C21H21N3O4/c1-23-18-8-7-16(21(26)27-2)13-17(18)22-19(23)14-3-5-15(6-4-14)20(25)24-9-11-28-12-10-24/h3-8,13H,9-12H2,1-2H3. The topological polar surface area (TPSA) is 73.7 Å². The third-order valence-corrected chi connectivity index (χ3v) is 4.99. The van der Waals surface area contributed by atoms with E-state index in [2.05, 4.69) is 4.98 Å². The molecule has 1 saturated heterocycles. The summed E-state index contributed by atoms with van der Waals surface area (Å²) in [5.41, 5.74) is 3.64. The molecule has 0 atom stereocenters. The Kier molecular flexibility index (Phi) is 4.83. The van der Waals surface area contributed by atoms with Crippen molar-refractivity contribution < 1.29 is 19.1 Å². The van der Waals surface area contributed by atoms with Crippen LogP contribution in [0.25, 0.3) is 22.4 Å². The van der Waals surface area contributed by atoms with Gasteiger partial charge in [0.2, 0.25) is 0 Å². The Bertz CT molecular complexity index is 1030. The molecule has 7 heteroatoms. The number of imidazole rings is 1. The lowest BCUT2D eigenvalue weighted by molar-refractivity contribution is 0.0303. The van der Waals surface area contributed by atoms with Gasteiger partial charge in [0.1, 0.15) is 5.82 Å². The largest absolute Gasteiger partial charge is 0.465 e. The van der Waals surface area contributed by atoms with Crippen molar-refractivity contribution in [3.8, 4) is 11.4 Å². The molecule has 1 fully saturated rings. The second kappa shape index (κ2) is 7.44. The number of aryl methyl sites for hydroxylation is 1. The van der Waals surface area contributed by atoms with Gasteiger partial charge in [-0.25, -0.2) is 9.78 Å². The van der Waals surface area contributed by atoms with Gasteiger partial charge in [0.25, 0.3) is 5.91 Å². The van der Waals surface area contributed by atoms with Gasteiger partial charge in [-0.15, -0.1) is 0 Å². The lowest BCUT2D eigenvalue weighted by Gasteiger charge is -2.26. The second-order valence-corrected chi connectivity index (χ2v) is 6.67. The van der Waals surface area contributed by atoms with Gasteiger partial charge in [0.15, 0.2) is 0 Å². The fourth-order valence-electron chi connectivity index (χ4n) is 3.41. The molecular weight excluding hydrogens is 358 g/mol. The molecule has 0 unspecified atom stereocenters. The van der Waals surface area contributed by atoms with Gasteiger partial charge in [0, 0.05) is 31.3 Å². The van der Waals surface area contributed by atoms with Crippen LogP contribution in [-0.2, 0) is 16.5 Å². The Balaban J connectivity index is 1.63. The normalized spacial score (nSPS) is 14.3. The van der Waals surface area contributed by atoms with Crippen LogP contribution >= 0.6 is 0 Å². The number of ether oxygens (including phenoxy) is 2. The Morgan fingerprint density at radius 2 is 1.71 bits per heavy atom. The van der Waals surface area contributed by atoms with E-state index >= 15 is 0 Å². The number of esters is 1. The van der Waals surface area contributed by atoms with Crippen LogP contribution < -0.4 is 0 Å². The monoisotopic (exact) mass is 379 g/mol. The highest BCUT2D eigenvalue weighted by atomic mass is 16.5. The fraction of sp³-hybridized carbons (Fsp3) is 0.286. The number of hydrogen-bond acceptors (Lipinski definition) is 5. The number of nitrogens with zero attached hydrogens (tertiary/aromatic N) is 3. The summed E-state index contributed by atoms with van der Waals surface area (Å²) in [6.07, 6.45) is 0. The Morgan fingerprint density at radius 1 is 1.04 bits per heavy atom. The van der Waals surface area contributed by atoms with E-state index in [1.54, 1.807) is 12.1 Å². The lowest BCUT2D eigenvalue weighted by atomic mass is 10.1. The summed E-state index contributed by atoms with van der Waals surface area (Å²) in [6.45, 7) is 2.40. The molecule has 1 aliphatic heterocycles. The number of hydrogen-bond donors (Lipinski definition) is 0. The Labute approximate surface area is 162 Å². The minimum atomic E-state index is -0.389. The first kappa shape index (κ1) is 18.2. The molecule has 0 radical (unpaired) electrons. The number of amides is 1. The smallest absolute Gasteiger partial charge is 0.337 e. The summed E-state index contributed by atoms with van der Waals surface area (Å²) < 4.78 is 12.0. The lowest BCUT2D eigenvalue weighted by Crippen LogP contribution is -2.40. The van der Waals surface area contributed by atoms with E-state index in [1.807, 2.05) is 46.8 Å². The van der Waals surface area contributed by atoms with Crippen molar-refractivity contribution >= 4 is 22.9 Å². The Hall–Kier alpha value is -3.19. The number of methoxy groups -OCH3 is 1. The minimum Gasteiger partial charge on any atom is -0.465 e. The number of benzene rings is 2. The predicted molar refractivity (Wildman–Crippen MR) is 104 cm³/mol. The van der Waals surface area contributed by atoms with Gasteiger partial charge in [-0.05, 0) is 30.3 Å². The fourth-order valence-corrected chi connectivity index (χ4v) is 3.41. The maximum Gasteiger partial charge on any atom is 0.337 e. The second-order valence-electron chi connectivity index (χ2n) is 6.67. The molecule has 28 heavy (non-hydrogen) atoms. The van der Waals surface area contributed by atoms with E-state index in [9.17, 15) is 9.59 Å². The summed E-state index contributed by atoms with van der Waals surface area (Å²) in [5, 5.41) is 0. The molecule has 0 N–H and O–H groups in total. The molecular formula is C21H21N3O4. The Morgan fingerprint density at radius 3 is 2.39 bits per heavy atom. The number of fused-ring (bicyclic) bond motifs is 1. The van der Waals surface area contributed by atoms with E-state index in [0.29, 0.717) is 42.9 Å². The van der Waals surface area contributed by atoms with Crippen LogP contribution in [0, 0.1) is 0 Å². The van der Waals surface area contributed by atoms with E-state index in [-0.39, 0.29) is 11.9 Å². The maximum atomic E-state index is 12.6. The van der Waals surface area contributed by atoms with Crippen LogP contribution in [0.2, 0.25) is 0 Å². The molecule has 2 heterocycles. The minimum absolute atomic E-state index is 0.0163. The highest BCUT2D eigenvalue weighted by Gasteiger charge is 2.19. The first-order valence-electron chi connectivity index (χ1n) is 9.11. The predicted octanol–water partition coefficient (Wildman–Crippen LogP) is 2.50. The van der Waals surface area contributed by atoms with Gasteiger partial charge < -0.3 is 18.9 Å². The van der Waals surface area contributed by atoms with Crippen molar-refractivity contribution in [2.24, 2.45) is 7.05 Å². The molecule has 7 nitrogen and oxygen atoms in total. The van der Waals surface area contributed by atoms with E-state index in [4.69, 9.17) is 9.47 Å². The van der Waals surface area contributed by atoms with Crippen LogP contribution in [0.15, 0.2) is 42.5 Å². The molecule has 0 bridgehead atoms. The van der Waals surface area contributed by atoms with E-state index in [0.717, 1.165) is 16.9 Å². The zero-order valence-corrected chi connectivity index (χ0v) is 15.8. The number of rotatable bonds is 3. The molecule has 1 amide bonds. The molecule has 0 spiro atoms. The molecule has 1 aromatic heterocycles. The number of carbonyl (C=O) groups excluding carboxylic acids is 2. The highest BCUT2D eigenvalue weighted by molar-refractivity contribution is 5.95. The number of morpholine rings is 1. The number of aromatic nitrogens is 2. The van der Waals surface area contributed by atoms with Crippen LogP contribution in [0.3, 0.4) is 0 Å². The van der Waals surface area contributed by atoms with Gasteiger partial charge in [-0.1, -0.05) is 12.1 Å². The average molecular weight is 379 g/mol. The van der Waals surface area contributed by atoms with E-state index in [1.165, 1.54) is 7.11 Å². The molecule has 0 saturated carbocycles.